The SMILES string of the molecule is N#Cc1c(=O)n(-c2ccc(Cl)cc2)nc2c(=O)n(N=Cc3ccco3)c(-c3ccco3)cc12. The number of furan rings is 2. The van der Waals surface area contributed by atoms with Gasteiger partial charge in [0.05, 0.1) is 24.4 Å². The van der Waals surface area contributed by atoms with Gasteiger partial charge in [-0.2, -0.15) is 24.8 Å². The zero-order valence-corrected chi connectivity index (χ0v) is 17.4. The van der Waals surface area contributed by atoms with Crippen LogP contribution in [0.4, 0.5) is 0 Å². The Balaban J connectivity index is 1.85. The van der Waals surface area contributed by atoms with Crippen LogP contribution in [0, 0.1) is 11.3 Å². The van der Waals surface area contributed by atoms with Gasteiger partial charge in [-0.1, -0.05) is 11.6 Å². The maximum Gasteiger partial charge on any atom is 0.299 e. The minimum absolute atomic E-state index is 0.0913. The smallest absolute Gasteiger partial charge is 0.299 e. The summed E-state index contributed by atoms with van der Waals surface area (Å²) >= 11 is 5.94. The number of hydrogen-bond acceptors (Lipinski definition) is 7. The Bertz CT molecular complexity index is 1660. The van der Waals surface area contributed by atoms with Crippen LogP contribution in [0.25, 0.3) is 28.0 Å². The fourth-order valence-electron chi connectivity index (χ4n) is 3.30. The molecule has 0 saturated heterocycles. The maximum absolute atomic E-state index is 13.5. The number of nitriles is 1. The van der Waals surface area contributed by atoms with E-state index in [1.54, 1.807) is 48.5 Å². The van der Waals surface area contributed by atoms with Crippen molar-refractivity contribution in [2.45, 2.75) is 0 Å². The molecule has 0 aliphatic carbocycles. The van der Waals surface area contributed by atoms with Crippen LogP contribution in [-0.2, 0) is 0 Å². The predicted octanol–water partition coefficient (Wildman–Crippen LogP) is 3.81. The van der Waals surface area contributed by atoms with Gasteiger partial charge in [0, 0.05) is 10.4 Å². The molecule has 0 unspecified atom stereocenters. The maximum atomic E-state index is 13.5. The Labute approximate surface area is 190 Å². The van der Waals surface area contributed by atoms with E-state index in [9.17, 15) is 14.9 Å². The molecule has 0 spiro atoms. The molecule has 0 amide bonds. The van der Waals surface area contributed by atoms with Crippen LogP contribution in [-0.4, -0.2) is 20.7 Å². The van der Waals surface area contributed by atoms with E-state index in [2.05, 4.69) is 10.2 Å². The van der Waals surface area contributed by atoms with Crippen molar-refractivity contribution >= 4 is 28.7 Å². The van der Waals surface area contributed by atoms with E-state index in [1.807, 2.05) is 6.07 Å². The van der Waals surface area contributed by atoms with Gasteiger partial charge in [-0.15, -0.1) is 0 Å². The summed E-state index contributed by atoms with van der Waals surface area (Å²) in [6.07, 6.45) is 4.27. The first-order valence-electron chi connectivity index (χ1n) is 9.57. The molecule has 1 aromatic carbocycles. The molecule has 160 valence electrons. The minimum atomic E-state index is -0.672. The summed E-state index contributed by atoms with van der Waals surface area (Å²) in [5.41, 5.74) is -1.09. The van der Waals surface area contributed by atoms with Gasteiger partial charge in [0.15, 0.2) is 11.3 Å². The Morgan fingerprint density at radius 1 is 1.03 bits per heavy atom. The number of nitrogens with zero attached hydrogens (tertiary/aromatic N) is 5. The summed E-state index contributed by atoms with van der Waals surface area (Å²) < 4.78 is 12.8. The molecule has 33 heavy (non-hydrogen) atoms. The van der Waals surface area contributed by atoms with Crippen molar-refractivity contribution in [1.29, 1.82) is 5.26 Å². The molecule has 0 bridgehead atoms. The van der Waals surface area contributed by atoms with Gasteiger partial charge in [0.25, 0.3) is 11.1 Å². The number of halogens is 1. The highest BCUT2D eigenvalue weighted by atomic mass is 35.5. The molecule has 10 heteroatoms. The molecule has 4 aromatic heterocycles. The van der Waals surface area contributed by atoms with Gasteiger partial charge < -0.3 is 8.83 Å². The van der Waals surface area contributed by atoms with E-state index < -0.39 is 11.1 Å². The van der Waals surface area contributed by atoms with E-state index in [0.717, 1.165) is 9.36 Å². The fraction of sp³-hybridized carbons (Fsp3) is 0. The highest BCUT2D eigenvalue weighted by Crippen LogP contribution is 2.23. The second-order valence-electron chi connectivity index (χ2n) is 6.83. The highest BCUT2D eigenvalue weighted by Gasteiger charge is 2.20. The molecule has 0 aliphatic heterocycles. The summed E-state index contributed by atoms with van der Waals surface area (Å²) in [5.74, 6) is 0.737. The Morgan fingerprint density at radius 3 is 2.45 bits per heavy atom. The van der Waals surface area contributed by atoms with Crippen molar-refractivity contribution in [2.24, 2.45) is 5.10 Å². The lowest BCUT2D eigenvalue weighted by molar-refractivity contribution is 0.558. The van der Waals surface area contributed by atoms with E-state index >= 15 is 0 Å². The standard InChI is InChI=1S/C23H12ClN5O4/c24-14-5-7-15(8-6-14)28-22(30)18(12-25)17-11-19(20-4-2-10-33-20)29(23(31)21(17)27-28)26-13-16-3-1-9-32-16/h1-11,13H. The summed E-state index contributed by atoms with van der Waals surface area (Å²) in [5, 5.41) is 18.8. The zero-order valence-electron chi connectivity index (χ0n) is 16.7. The van der Waals surface area contributed by atoms with Crippen LogP contribution in [0.2, 0.25) is 5.02 Å². The summed E-state index contributed by atoms with van der Waals surface area (Å²) in [4.78, 5) is 26.5. The lowest BCUT2D eigenvalue weighted by Gasteiger charge is -2.11. The molecule has 4 heterocycles. The van der Waals surface area contributed by atoms with E-state index in [-0.39, 0.29) is 22.2 Å². The summed E-state index contributed by atoms with van der Waals surface area (Å²) in [6.45, 7) is 0. The zero-order chi connectivity index (χ0) is 22.9. The first kappa shape index (κ1) is 20.2. The Kier molecular flexibility index (Phi) is 4.97. The predicted molar refractivity (Wildman–Crippen MR) is 121 cm³/mol. The fourth-order valence-corrected chi connectivity index (χ4v) is 3.43. The second-order valence-corrected chi connectivity index (χ2v) is 7.26. The van der Waals surface area contributed by atoms with Gasteiger partial charge in [0.1, 0.15) is 23.1 Å². The molecular weight excluding hydrogens is 446 g/mol. The minimum Gasteiger partial charge on any atom is -0.463 e. The van der Waals surface area contributed by atoms with E-state index in [4.69, 9.17) is 20.4 Å². The lowest BCUT2D eigenvalue weighted by Crippen LogP contribution is -2.28. The average molecular weight is 458 g/mol. The topological polar surface area (TPSA) is 119 Å². The molecular formula is C23H12ClN5O4. The van der Waals surface area contributed by atoms with Gasteiger partial charge in [0.2, 0.25) is 0 Å². The van der Waals surface area contributed by atoms with Crippen molar-refractivity contribution in [3.05, 3.63) is 104 Å². The van der Waals surface area contributed by atoms with Crippen molar-refractivity contribution in [1.82, 2.24) is 14.5 Å². The van der Waals surface area contributed by atoms with Crippen molar-refractivity contribution in [2.75, 3.05) is 0 Å². The highest BCUT2D eigenvalue weighted by molar-refractivity contribution is 6.30. The number of benzene rings is 1. The van der Waals surface area contributed by atoms with Gasteiger partial charge in [-0.05, 0) is 54.6 Å². The number of aromatic nitrogens is 3. The number of fused-ring (bicyclic) bond motifs is 1. The van der Waals surface area contributed by atoms with E-state index in [0.29, 0.717) is 22.2 Å². The third kappa shape index (κ3) is 3.54. The molecule has 9 nitrogen and oxygen atoms in total. The molecule has 0 N–H and O–H groups in total. The molecule has 0 saturated carbocycles. The molecule has 0 aliphatic rings. The monoisotopic (exact) mass is 457 g/mol. The van der Waals surface area contributed by atoms with Crippen LogP contribution >= 0.6 is 11.6 Å². The molecule has 5 aromatic rings. The quantitative estimate of drug-likeness (QED) is 0.378. The normalized spacial score (nSPS) is 11.3. The Morgan fingerprint density at radius 2 is 1.79 bits per heavy atom. The number of rotatable bonds is 4. The number of hydrogen-bond donors (Lipinski definition) is 0. The van der Waals surface area contributed by atoms with E-state index in [1.165, 1.54) is 24.8 Å². The number of pyridine rings is 1. The second kappa shape index (κ2) is 8.11. The van der Waals surface area contributed by atoms with Crippen LogP contribution in [0.1, 0.15) is 11.3 Å². The van der Waals surface area contributed by atoms with Gasteiger partial charge >= 0.3 is 0 Å². The van der Waals surface area contributed by atoms with Crippen molar-refractivity contribution in [3.8, 4) is 23.2 Å². The molecule has 0 atom stereocenters. The van der Waals surface area contributed by atoms with Gasteiger partial charge in [-0.25, -0.2) is 0 Å². The first-order valence-corrected chi connectivity index (χ1v) is 9.95. The third-order valence-electron chi connectivity index (χ3n) is 4.84. The first-order chi connectivity index (χ1) is 16.1. The molecule has 5 rings (SSSR count). The average Bonchev–Trinajstić information content (AvgIpc) is 3.53. The largest absolute Gasteiger partial charge is 0.463 e. The molecule has 0 fully saturated rings. The summed E-state index contributed by atoms with van der Waals surface area (Å²) in [6, 6.07) is 16.3. The Hall–Kier alpha value is -4.68. The van der Waals surface area contributed by atoms with Crippen LogP contribution in [0.5, 0.6) is 0 Å². The van der Waals surface area contributed by atoms with Crippen molar-refractivity contribution in [3.63, 3.8) is 0 Å². The van der Waals surface area contributed by atoms with Crippen LogP contribution < -0.4 is 11.1 Å². The van der Waals surface area contributed by atoms with Crippen molar-refractivity contribution < 1.29 is 8.83 Å². The lowest BCUT2D eigenvalue weighted by atomic mass is 10.1. The van der Waals surface area contributed by atoms with Crippen LogP contribution in [0.3, 0.4) is 0 Å². The third-order valence-corrected chi connectivity index (χ3v) is 5.09. The van der Waals surface area contributed by atoms with Gasteiger partial charge in [-0.3, -0.25) is 9.59 Å². The molecule has 0 radical (unpaired) electrons. The summed E-state index contributed by atoms with van der Waals surface area (Å²) in [7, 11) is 0. The van der Waals surface area contributed by atoms with Crippen LogP contribution in [0.15, 0.2) is 90.6 Å².